The number of hydrogen-bond donors (Lipinski definition) is 2. The molecule has 1 heterocycles. The fourth-order valence-electron chi connectivity index (χ4n) is 2.41. The van der Waals surface area contributed by atoms with Crippen LogP contribution in [0.15, 0.2) is 30.6 Å². The Morgan fingerprint density at radius 3 is 2.70 bits per heavy atom. The van der Waals surface area contributed by atoms with Crippen LogP contribution in [0.25, 0.3) is 0 Å². The Kier molecular flexibility index (Phi) is 5.44. The molecule has 0 saturated heterocycles. The van der Waals surface area contributed by atoms with Gasteiger partial charge >= 0.3 is 0 Å². The highest BCUT2D eigenvalue weighted by atomic mass is 19.1. The normalized spacial score (nSPS) is 13.6. The third kappa shape index (κ3) is 4.13. The third-order valence-electron chi connectivity index (χ3n) is 3.68. The predicted octanol–water partition coefficient (Wildman–Crippen LogP) is 1.88. The highest BCUT2D eigenvalue weighted by molar-refractivity contribution is 5.83. The van der Waals surface area contributed by atoms with Crippen LogP contribution in [0.2, 0.25) is 0 Å². The quantitative estimate of drug-likeness (QED) is 0.854. The van der Waals surface area contributed by atoms with Gasteiger partial charge in [0.2, 0.25) is 5.91 Å². The molecule has 2 atom stereocenters. The lowest BCUT2D eigenvalue weighted by molar-refractivity contribution is -0.123. The first-order valence-electron chi connectivity index (χ1n) is 7.30. The standard InChI is InChI=1S/C16H20F2N4O/c1-10(13-5-4-12(17)6-14(13)18)7-20-16(23)15(19-2)11-8-21-22(3)9-11/h4-6,8-10,15,19H,7H2,1-3H3,(H,20,23). The van der Waals surface area contributed by atoms with E-state index in [0.717, 1.165) is 11.6 Å². The Morgan fingerprint density at radius 2 is 2.13 bits per heavy atom. The maximum atomic E-state index is 13.7. The van der Waals surface area contributed by atoms with Crippen molar-refractivity contribution in [3.8, 4) is 0 Å². The Bertz CT molecular complexity index is 686. The summed E-state index contributed by atoms with van der Waals surface area (Å²) in [5, 5.41) is 9.75. The van der Waals surface area contributed by atoms with Crippen LogP contribution in [0.5, 0.6) is 0 Å². The summed E-state index contributed by atoms with van der Waals surface area (Å²) in [6.07, 6.45) is 3.37. The lowest BCUT2D eigenvalue weighted by atomic mass is 10.00. The van der Waals surface area contributed by atoms with Gasteiger partial charge in [0.1, 0.15) is 17.7 Å². The summed E-state index contributed by atoms with van der Waals surface area (Å²) >= 11 is 0. The highest BCUT2D eigenvalue weighted by Crippen LogP contribution is 2.19. The molecule has 23 heavy (non-hydrogen) atoms. The summed E-state index contributed by atoms with van der Waals surface area (Å²) in [5.74, 6) is -1.72. The van der Waals surface area contributed by atoms with Crippen molar-refractivity contribution in [2.45, 2.75) is 18.9 Å². The zero-order chi connectivity index (χ0) is 17.0. The van der Waals surface area contributed by atoms with E-state index in [2.05, 4.69) is 15.7 Å². The molecule has 0 aliphatic rings. The molecule has 5 nitrogen and oxygen atoms in total. The van der Waals surface area contributed by atoms with Crippen LogP contribution in [-0.4, -0.2) is 29.3 Å². The molecule has 0 aliphatic carbocycles. The number of aryl methyl sites for hydroxylation is 1. The number of carbonyl (C=O) groups excluding carboxylic acids is 1. The van der Waals surface area contributed by atoms with E-state index in [4.69, 9.17) is 0 Å². The van der Waals surface area contributed by atoms with Crippen molar-refractivity contribution >= 4 is 5.91 Å². The number of rotatable bonds is 6. The second kappa shape index (κ2) is 7.32. The van der Waals surface area contributed by atoms with E-state index in [0.29, 0.717) is 5.56 Å². The van der Waals surface area contributed by atoms with Crippen LogP contribution in [0, 0.1) is 11.6 Å². The molecule has 2 rings (SSSR count). The first-order chi connectivity index (χ1) is 10.9. The monoisotopic (exact) mass is 322 g/mol. The van der Waals surface area contributed by atoms with Crippen LogP contribution in [0.1, 0.15) is 30.0 Å². The topological polar surface area (TPSA) is 59.0 Å². The predicted molar refractivity (Wildman–Crippen MR) is 82.8 cm³/mol. The summed E-state index contributed by atoms with van der Waals surface area (Å²) in [5.41, 5.74) is 1.11. The summed E-state index contributed by atoms with van der Waals surface area (Å²) in [7, 11) is 3.45. The molecular formula is C16H20F2N4O. The number of carbonyl (C=O) groups is 1. The Labute approximate surface area is 133 Å². The molecule has 0 radical (unpaired) electrons. The van der Waals surface area contributed by atoms with Gasteiger partial charge in [0.05, 0.1) is 6.20 Å². The van der Waals surface area contributed by atoms with Crippen molar-refractivity contribution in [3.05, 3.63) is 53.4 Å². The van der Waals surface area contributed by atoms with Crippen molar-refractivity contribution in [1.29, 1.82) is 0 Å². The van der Waals surface area contributed by atoms with Crippen molar-refractivity contribution in [2.75, 3.05) is 13.6 Å². The van der Waals surface area contributed by atoms with Gasteiger partial charge in [-0.2, -0.15) is 5.10 Å². The molecule has 1 aromatic heterocycles. The minimum absolute atomic E-state index is 0.227. The van der Waals surface area contributed by atoms with Crippen molar-refractivity contribution in [1.82, 2.24) is 20.4 Å². The van der Waals surface area contributed by atoms with E-state index in [1.54, 1.807) is 38.1 Å². The summed E-state index contributed by atoms with van der Waals surface area (Å²) in [6.45, 7) is 2.02. The van der Waals surface area contributed by atoms with Crippen LogP contribution >= 0.6 is 0 Å². The van der Waals surface area contributed by atoms with Gasteiger partial charge in [0.25, 0.3) is 0 Å². The number of likely N-dealkylation sites (N-methyl/N-ethyl adjacent to an activating group) is 1. The zero-order valence-electron chi connectivity index (χ0n) is 13.3. The van der Waals surface area contributed by atoms with Gasteiger partial charge in [-0.05, 0) is 18.7 Å². The molecule has 0 fully saturated rings. The Balaban J connectivity index is 1.99. The minimum atomic E-state index is -0.616. The molecule has 1 aromatic carbocycles. The van der Waals surface area contributed by atoms with E-state index in [9.17, 15) is 13.6 Å². The van der Waals surface area contributed by atoms with Crippen LogP contribution in [0.3, 0.4) is 0 Å². The number of halogens is 2. The van der Waals surface area contributed by atoms with Gasteiger partial charge in [-0.1, -0.05) is 13.0 Å². The molecule has 2 aromatic rings. The first kappa shape index (κ1) is 17.1. The second-order valence-electron chi connectivity index (χ2n) is 5.48. The van der Waals surface area contributed by atoms with Gasteiger partial charge in [-0.3, -0.25) is 9.48 Å². The smallest absolute Gasteiger partial charge is 0.241 e. The number of benzene rings is 1. The largest absolute Gasteiger partial charge is 0.354 e. The number of aromatic nitrogens is 2. The number of nitrogens with zero attached hydrogens (tertiary/aromatic N) is 2. The van der Waals surface area contributed by atoms with Gasteiger partial charge < -0.3 is 10.6 Å². The molecule has 0 aliphatic heterocycles. The molecule has 124 valence electrons. The minimum Gasteiger partial charge on any atom is -0.354 e. The van der Waals surface area contributed by atoms with E-state index in [1.807, 2.05) is 0 Å². The van der Waals surface area contributed by atoms with Crippen LogP contribution < -0.4 is 10.6 Å². The van der Waals surface area contributed by atoms with Crippen LogP contribution in [-0.2, 0) is 11.8 Å². The van der Waals surface area contributed by atoms with E-state index in [1.165, 1.54) is 12.1 Å². The van der Waals surface area contributed by atoms with Crippen molar-refractivity contribution in [2.24, 2.45) is 7.05 Å². The number of hydrogen-bond acceptors (Lipinski definition) is 3. The Hall–Kier alpha value is -2.28. The molecule has 2 N–H and O–H groups in total. The van der Waals surface area contributed by atoms with E-state index < -0.39 is 17.7 Å². The summed E-state index contributed by atoms with van der Waals surface area (Å²) in [4.78, 5) is 12.3. The summed E-state index contributed by atoms with van der Waals surface area (Å²) in [6, 6.07) is 2.93. The van der Waals surface area contributed by atoms with Gasteiger partial charge in [-0.25, -0.2) is 8.78 Å². The van der Waals surface area contributed by atoms with Crippen molar-refractivity contribution in [3.63, 3.8) is 0 Å². The van der Waals surface area contributed by atoms with E-state index in [-0.39, 0.29) is 18.4 Å². The van der Waals surface area contributed by atoms with Gasteiger partial charge in [-0.15, -0.1) is 0 Å². The molecule has 0 bridgehead atoms. The average molecular weight is 322 g/mol. The first-order valence-corrected chi connectivity index (χ1v) is 7.30. The SMILES string of the molecule is CNC(C(=O)NCC(C)c1ccc(F)cc1F)c1cnn(C)c1. The second-order valence-corrected chi connectivity index (χ2v) is 5.48. The number of amides is 1. The maximum absolute atomic E-state index is 13.7. The van der Waals surface area contributed by atoms with Crippen molar-refractivity contribution < 1.29 is 13.6 Å². The Morgan fingerprint density at radius 1 is 1.39 bits per heavy atom. The molecule has 0 saturated carbocycles. The molecule has 2 unspecified atom stereocenters. The van der Waals surface area contributed by atoms with Gasteiger partial charge in [0, 0.05) is 37.3 Å². The average Bonchev–Trinajstić information content (AvgIpc) is 2.92. The summed E-state index contributed by atoms with van der Waals surface area (Å²) < 4.78 is 28.3. The van der Waals surface area contributed by atoms with E-state index >= 15 is 0 Å². The molecule has 0 spiro atoms. The molecule has 1 amide bonds. The fourth-order valence-corrected chi connectivity index (χ4v) is 2.41. The van der Waals surface area contributed by atoms with Gasteiger partial charge in [0.15, 0.2) is 0 Å². The lowest BCUT2D eigenvalue weighted by Gasteiger charge is -2.18. The molecule has 7 heteroatoms. The van der Waals surface area contributed by atoms with Crippen LogP contribution in [0.4, 0.5) is 8.78 Å². The highest BCUT2D eigenvalue weighted by Gasteiger charge is 2.21. The zero-order valence-corrected chi connectivity index (χ0v) is 13.3. The number of nitrogens with one attached hydrogen (secondary N) is 2. The lowest BCUT2D eigenvalue weighted by Crippen LogP contribution is -2.37. The molecular weight excluding hydrogens is 302 g/mol. The third-order valence-corrected chi connectivity index (χ3v) is 3.68. The fraction of sp³-hybridized carbons (Fsp3) is 0.375. The maximum Gasteiger partial charge on any atom is 0.241 e.